The van der Waals surface area contributed by atoms with E-state index in [0.717, 1.165) is 0 Å². The van der Waals surface area contributed by atoms with Crippen LogP contribution >= 0.6 is 0 Å². The molecule has 0 aromatic carbocycles. The van der Waals surface area contributed by atoms with E-state index in [1.54, 1.807) is 18.2 Å². The maximum absolute atomic E-state index is 10.8. The van der Waals surface area contributed by atoms with Gasteiger partial charge in [-0.25, -0.2) is 0 Å². The van der Waals surface area contributed by atoms with Crippen molar-refractivity contribution in [3.8, 4) is 0 Å². The molecule has 0 heterocycles. The predicted molar refractivity (Wildman–Crippen MR) is 36.0 cm³/mol. The highest BCUT2D eigenvalue weighted by Crippen LogP contribution is 2.02. The third kappa shape index (κ3) is 1.31. The van der Waals surface area contributed by atoms with Gasteiger partial charge in [0.2, 0.25) is 6.41 Å². The standard InChI is InChI=1S/C7H7NO2/c9-5-8-6-3-1-2-4-7(6)10/h1-3,5H,4H2,(H,8,9). The second-order valence-corrected chi connectivity index (χ2v) is 1.90. The lowest BCUT2D eigenvalue weighted by atomic mass is 10.1. The third-order valence-corrected chi connectivity index (χ3v) is 1.22. The van der Waals surface area contributed by atoms with E-state index in [-0.39, 0.29) is 5.78 Å². The monoisotopic (exact) mass is 137 g/mol. The molecular weight excluding hydrogens is 130 g/mol. The van der Waals surface area contributed by atoms with E-state index in [1.807, 2.05) is 0 Å². The average molecular weight is 137 g/mol. The lowest BCUT2D eigenvalue weighted by Gasteiger charge is -2.03. The quantitative estimate of drug-likeness (QED) is 0.550. The normalized spacial score (nSPS) is 16.4. The summed E-state index contributed by atoms with van der Waals surface area (Å²) >= 11 is 0. The maximum Gasteiger partial charge on any atom is 0.211 e. The van der Waals surface area contributed by atoms with Gasteiger partial charge in [0.05, 0.1) is 5.70 Å². The van der Waals surface area contributed by atoms with Crippen LogP contribution in [0.4, 0.5) is 0 Å². The van der Waals surface area contributed by atoms with Crippen LogP contribution in [0, 0.1) is 0 Å². The molecule has 1 aliphatic rings. The molecule has 3 heteroatoms. The van der Waals surface area contributed by atoms with E-state index < -0.39 is 0 Å². The van der Waals surface area contributed by atoms with E-state index in [4.69, 9.17) is 0 Å². The highest BCUT2D eigenvalue weighted by Gasteiger charge is 2.07. The summed E-state index contributed by atoms with van der Waals surface area (Å²) in [7, 11) is 0. The van der Waals surface area contributed by atoms with Gasteiger partial charge in [0, 0.05) is 6.42 Å². The molecule has 1 aliphatic carbocycles. The van der Waals surface area contributed by atoms with Gasteiger partial charge in [0.15, 0.2) is 5.78 Å². The maximum atomic E-state index is 10.8. The van der Waals surface area contributed by atoms with Crippen LogP contribution in [0.3, 0.4) is 0 Å². The first-order valence-electron chi connectivity index (χ1n) is 2.95. The zero-order valence-corrected chi connectivity index (χ0v) is 5.33. The molecule has 1 N–H and O–H groups in total. The van der Waals surface area contributed by atoms with Gasteiger partial charge in [0.1, 0.15) is 0 Å². The molecule has 52 valence electrons. The van der Waals surface area contributed by atoms with Gasteiger partial charge in [-0.15, -0.1) is 0 Å². The summed E-state index contributed by atoms with van der Waals surface area (Å²) in [5, 5.41) is 2.31. The van der Waals surface area contributed by atoms with Gasteiger partial charge in [-0.1, -0.05) is 12.2 Å². The van der Waals surface area contributed by atoms with E-state index in [9.17, 15) is 9.59 Å². The van der Waals surface area contributed by atoms with Crippen molar-refractivity contribution in [2.24, 2.45) is 0 Å². The smallest absolute Gasteiger partial charge is 0.211 e. The highest BCUT2D eigenvalue weighted by atomic mass is 16.1. The first kappa shape index (κ1) is 6.74. The molecule has 0 bridgehead atoms. The molecule has 10 heavy (non-hydrogen) atoms. The molecule has 0 fully saturated rings. The molecule has 1 rings (SSSR count). The second kappa shape index (κ2) is 2.96. The fourth-order valence-electron chi connectivity index (χ4n) is 0.734. The lowest BCUT2D eigenvalue weighted by Crippen LogP contribution is -2.19. The van der Waals surface area contributed by atoms with Crippen molar-refractivity contribution < 1.29 is 9.59 Å². The minimum absolute atomic E-state index is 0.0467. The van der Waals surface area contributed by atoms with Gasteiger partial charge >= 0.3 is 0 Å². The van der Waals surface area contributed by atoms with Gasteiger partial charge in [0.25, 0.3) is 0 Å². The lowest BCUT2D eigenvalue weighted by molar-refractivity contribution is -0.117. The molecule has 0 saturated heterocycles. The molecule has 1 amide bonds. The number of ketones is 1. The Labute approximate surface area is 58.4 Å². The van der Waals surface area contributed by atoms with Crippen LogP contribution in [0.15, 0.2) is 23.9 Å². The van der Waals surface area contributed by atoms with Crippen LogP contribution in [-0.4, -0.2) is 12.2 Å². The summed E-state index contributed by atoms with van der Waals surface area (Å²) in [4.78, 5) is 20.7. The number of hydrogen-bond acceptors (Lipinski definition) is 2. The Balaban J connectivity index is 2.70. The van der Waals surface area contributed by atoms with Crippen LogP contribution in [0.25, 0.3) is 0 Å². The molecule has 0 radical (unpaired) electrons. The third-order valence-electron chi connectivity index (χ3n) is 1.22. The van der Waals surface area contributed by atoms with Gasteiger partial charge in [-0.2, -0.15) is 0 Å². The number of hydrogen-bond donors (Lipinski definition) is 1. The molecule has 0 saturated carbocycles. The van der Waals surface area contributed by atoms with Crippen LogP contribution < -0.4 is 5.32 Å². The Morgan fingerprint density at radius 1 is 1.60 bits per heavy atom. The molecule has 0 spiro atoms. The molecule has 3 nitrogen and oxygen atoms in total. The first-order chi connectivity index (χ1) is 4.84. The molecule has 0 unspecified atom stereocenters. The van der Waals surface area contributed by atoms with E-state index in [2.05, 4.69) is 5.32 Å². The van der Waals surface area contributed by atoms with Crippen LogP contribution in [0.5, 0.6) is 0 Å². The van der Waals surface area contributed by atoms with Crippen LogP contribution in [0.2, 0.25) is 0 Å². The Morgan fingerprint density at radius 2 is 2.40 bits per heavy atom. The minimum atomic E-state index is -0.0467. The van der Waals surface area contributed by atoms with Crippen molar-refractivity contribution in [2.45, 2.75) is 6.42 Å². The molecule has 0 atom stereocenters. The van der Waals surface area contributed by atoms with Crippen molar-refractivity contribution in [1.82, 2.24) is 5.32 Å². The molecule has 0 aromatic rings. The van der Waals surface area contributed by atoms with Gasteiger partial charge in [-0.05, 0) is 6.08 Å². The summed E-state index contributed by atoms with van der Waals surface area (Å²) < 4.78 is 0. The van der Waals surface area contributed by atoms with Crippen molar-refractivity contribution in [2.75, 3.05) is 0 Å². The summed E-state index contributed by atoms with van der Waals surface area (Å²) in [6.45, 7) is 0. The summed E-state index contributed by atoms with van der Waals surface area (Å²) in [5.41, 5.74) is 0.373. The SMILES string of the molecule is O=CNC1=CC=CCC1=O. The predicted octanol–water partition coefficient (Wildman–Crippen LogP) is 0.145. The topological polar surface area (TPSA) is 46.2 Å². The van der Waals surface area contributed by atoms with Crippen molar-refractivity contribution in [3.63, 3.8) is 0 Å². The Morgan fingerprint density at radius 3 is 3.00 bits per heavy atom. The zero-order chi connectivity index (χ0) is 7.40. The fourth-order valence-corrected chi connectivity index (χ4v) is 0.734. The average Bonchev–Trinajstić information content (AvgIpc) is 1.94. The Kier molecular flexibility index (Phi) is 1.99. The molecule has 0 aromatic heterocycles. The van der Waals surface area contributed by atoms with Gasteiger partial charge < -0.3 is 5.32 Å². The zero-order valence-electron chi connectivity index (χ0n) is 5.33. The van der Waals surface area contributed by atoms with Crippen molar-refractivity contribution >= 4 is 12.2 Å². The van der Waals surface area contributed by atoms with Crippen molar-refractivity contribution in [3.05, 3.63) is 23.9 Å². The molecule has 0 aliphatic heterocycles. The van der Waals surface area contributed by atoms with Crippen molar-refractivity contribution in [1.29, 1.82) is 0 Å². The first-order valence-corrected chi connectivity index (χ1v) is 2.95. The fraction of sp³-hybridized carbons (Fsp3) is 0.143. The number of rotatable bonds is 2. The number of nitrogens with one attached hydrogen (secondary N) is 1. The Bertz CT molecular complexity index is 216. The number of carbonyl (C=O) groups is 2. The number of Topliss-reactive ketones (excluding diaryl/α,β-unsaturated/α-hetero) is 1. The highest BCUT2D eigenvalue weighted by molar-refractivity contribution is 5.98. The second-order valence-electron chi connectivity index (χ2n) is 1.90. The van der Waals surface area contributed by atoms with Crippen LogP contribution in [-0.2, 0) is 9.59 Å². The number of allylic oxidation sites excluding steroid dienone is 4. The van der Waals surface area contributed by atoms with Crippen LogP contribution in [0.1, 0.15) is 6.42 Å². The minimum Gasteiger partial charge on any atom is -0.326 e. The largest absolute Gasteiger partial charge is 0.326 e. The summed E-state index contributed by atoms with van der Waals surface area (Å²) in [6.07, 6.45) is 5.96. The van der Waals surface area contributed by atoms with E-state index in [1.165, 1.54) is 0 Å². The molecular formula is C7H7NO2. The van der Waals surface area contributed by atoms with Gasteiger partial charge in [-0.3, -0.25) is 9.59 Å². The number of amides is 1. The Hall–Kier alpha value is -1.38. The summed E-state index contributed by atoms with van der Waals surface area (Å²) in [5.74, 6) is -0.0467. The summed E-state index contributed by atoms with van der Waals surface area (Å²) in [6, 6.07) is 0. The van der Waals surface area contributed by atoms with E-state index in [0.29, 0.717) is 18.5 Å². The van der Waals surface area contributed by atoms with E-state index >= 15 is 0 Å². The number of carbonyl (C=O) groups excluding carboxylic acids is 2.